The summed E-state index contributed by atoms with van der Waals surface area (Å²) < 4.78 is 1.76. The Labute approximate surface area is 99.5 Å². The van der Waals surface area contributed by atoms with Gasteiger partial charge in [-0.15, -0.1) is 0 Å². The number of carbonyl (C=O) groups is 1. The Bertz CT molecular complexity index is 519. The summed E-state index contributed by atoms with van der Waals surface area (Å²) in [7, 11) is 1.86. The Morgan fingerprint density at radius 3 is 2.88 bits per heavy atom. The van der Waals surface area contributed by atoms with Crippen molar-refractivity contribution in [1.82, 2.24) is 20.1 Å². The van der Waals surface area contributed by atoms with Crippen LogP contribution in [0.5, 0.6) is 0 Å². The van der Waals surface area contributed by atoms with Gasteiger partial charge in [0.25, 0.3) is 5.91 Å². The van der Waals surface area contributed by atoms with Crippen molar-refractivity contribution in [3.63, 3.8) is 0 Å². The number of aryl methyl sites for hydroxylation is 2. The smallest absolute Gasteiger partial charge is 0.270 e. The molecule has 0 aliphatic rings. The van der Waals surface area contributed by atoms with Crippen molar-refractivity contribution in [2.24, 2.45) is 7.05 Å². The highest BCUT2D eigenvalue weighted by molar-refractivity contribution is 5.92. The molecule has 88 valence electrons. The van der Waals surface area contributed by atoms with E-state index in [0.717, 1.165) is 11.4 Å². The van der Waals surface area contributed by atoms with Crippen molar-refractivity contribution in [2.45, 2.75) is 13.5 Å². The molecule has 17 heavy (non-hydrogen) atoms. The van der Waals surface area contributed by atoms with Gasteiger partial charge in [0.2, 0.25) is 0 Å². The summed E-state index contributed by atoms with van der Waals surface area (Å²) in [6, 6.07) is 7.19. The molecule has 0 radical (unpaired) electrons. The molecule has 0 aliphatic heterocycles. The fourth-order valence-electron chi connectivity index (χ4n) is 1.59. The Balaban J connectivity index is 1.99. The first-order valence-electron chi connectivity index (χ1n) is 5.35. The summed E-state index contributed by atoms with van der Waals surface area (Å²) in [6.07, 6.45) is 1.60. The lowest BCUT2D eigenvalue weighted by Gasteiger charge is -2.04. The molecule has 2 heterocycles. The van der Waals surface area contributed by atoms with Crippen molar-refractivity contribution in [3.05, 3.63) is 47.5 Å². The van der Waals surface area contributed by atoms with Crippen LogP contribution in [0.4, 0.5) is 0 Å². The fraction of sp³-hybridized carbons (Fsp3) is 0.250. The first-order chi connectivity index (χ1) is 8.16. The van der Waals surface area contributed by atoms with Crippen LogP contribution in [0.15, 0.2) is 30.5 Å². The second kappa shape index (κ2) is 4.78. The molecule has 1 N–H and O–H groups in total. The number of hydrogen-bond donors (Lipinski definition) is 1. The third-order valence-corrected chi connectivity index (χ3v) is 2.43. The van der Waals surface area contributed by atoms with Crippen LogP contribution >= 0.6 is 0 Å². The lowest BCUT2D eigenvalue weighted by molar-refractivity contribution is 0.0945. The Morgan fingerprint density at radius 1 is 1.47 bits per heavy atom. The molecule has 2 aromatic rings. The molecule has 0 aromatic carbocycles. The molecule has 0 saturated carbocycles. The quantitative estimate of drug-likeness (QED) is 0.857. The Kier molecular flexibility index (Phi) is 3.18. The zero-order chi connectivity index (χ0) is 12.3. The van der Waals surface area contributed by atoms with Gasteiger partial charge in [0.1, 0.15) is 5.69 Å². The summed E-state index contributed by atoms with van der Waals surface area (Å²) in [5.41, 5.74) is 2.33. The summed E-state index contributed by atoms with van der Waals surface area (Å²) in [5, 5.41) is 7.02. The van der Waals surface area contributed by atoms with Gasteiger partial charge in [-0.1, -0.05) is 6.07 Å². The van der Waals surface area contributed by atoms with Crippen LogP contribution in [0.1, 0.15) is 21.9 Å². The standard InChI is InChI=1S/C12H14N4O/c1-9-7-10(16(2)15-9)8-14-12(17)11-5-3-4-6-13-11/h3-7H,8H2,1-2H3,(H,14,17). The molecule has 0 spiro atoms. The van der Waals surface area contributed by atoms with E-state index in [2.05, 4.69) is 15.4 Å². The van der Waals surface area contributed by atoms with Crippen LogP contribution in [-0.2, 0) is 13.6 Å². The Hall–Kier alpha value is -2.17. The summed E-state index contributed by atoms with van der Waals surface area (Å²) in [5.74, 6) is -0.176. The molecule has 0 bridgehead atoms. The van der Waals surface area contributed by atoms with E-state index in [0.29, 0.717) is 12.2 Å². The minimum Gasteiger partial charge on any atom is -0.345 e. The topological polar surface area (TPSA) is 59.8 Å². The molecule has 0 unspecified atom stereocenters. The number of pyridine rings is 1. The second-order valence-corrected chi connectivity index (χ2v) is 3.80. The summed E-state index contributed by atoms with van der Waals surface area (Å²) in [6.45, 7) is 2.37. The number of hydrogen-bond acceptors (Lipinski definition) is 3. The van der Waals surface area contributed by atoms with E-state index in [1.165, 1.54) is 0 Å². The Morgan fingerprint density at radius 2 is 2.29 bits per heavy atom. The predicted octanol–water partition coefficient (Wildman–Crippen LogP) is 1.05. The number of amides is 1. The number of nitrogens with one attached hydrogen (secondary N) is 1. The maximum Gasteiger partial charge on any atom is 0.270 e. The second-order valence-electron chi connectivity index (χ2n) is 3.80. The van der Waals surface area contributed by atoms with Gasteiger partial charge in [0, 0.05) is 13.2 Å². The highest BCUT2D eigenvalue weighted by Gasteiger charge is 2.07. The maximum atomic E-state index is 11.7. The van der Waals surface area contributed by atoms with Crippen molar-refractivity contribution in [3.8, 4) is 0 Å². The molecular weight excluding hydrogens is 216 g/mol. The van der Waals surface area contributed by atoms with Crippen LogP contribution in [-0.4, -0.2) is 20.7 Å². The van der Waals surface area contributed by atoms with E-state index in [1.807, 2.05) is 20.0 Å². The van der Waals surface area contributed by atoms with Crippen LogP contribution in [0.3, 0.4) is 0 Å². The molecule has 0 fully saturated rings. The normalized spacial score (nSPS) is 10.2. The lowest BCUT2D eigenvalue weighted by atomic mass is 10.3. The highest BCUT2D eigenvalue weighted by Crippen LogP contribution is 2.01. The molecule has 5 heteroatoms. The van der Waals surface area contributed by atoms with E-state index in [-0.39, 0.29) is 5.91 Å². The van der Waals surface area contributed by atoms with E-state index >= 15 is 0 Å². The SMILES string of the molecule is Cc1cc(CNC(=O)c2ccccn2)n(C)n1. The van der Waals surface area contributed by atoms with Crippen LogP contribution in [0, 0.1) is 6.92 Å². The van der Waals surface area contributed by atoms with Gasteiger partial charge in [0.15, 0.2) is 0 Å². The molecule has 0 aliphatic carbocycles. The van der Waals surface area contributed by atoms with Gasteiger partial charge >= 0.3 is 0 Å². The van der Waals surface area contributed by atoms with Crippen LogP contribution in [0.2, 0.25) is 0 Å². The lowest BCUT2D eigenvalue weighted by Crippen LogP contribution is -2.24. The summed E-state index contributed by atoms with van der Waals surface area (Å²) in [4.78, 5) is 15.7. The number of carbonyl (C=O) groups excluding carboxylic acids is 1. The average Bonchev–Trinajstić information content (AvgIpc) is 2.66. The molecule has 2 rings (SSSR count). The first-order valence-corrected chi connectivity index (χ1v) is 5.35. The minimum absolute atomic E-state index is 0.176. The van der Waals surface area contributed by atoms with Crippen molar-refractivity contribution in [2.75, 3.05) is 0 Å². The van der Waals surface area contributed by atoms with Gasteiger partial charge in [-0.2, -0.15) is 5.10 Å². The molecule has 5 nitrogen and oxygen atoms in total. The van der Waals surface area contributed by atoms with Gasteiger partial charge in [-0.05, 0) is 25.1 Å². The molecule has 2 aromatic heterocycles. The third kappa shape index (κ3) is 2.69. The third-order valence-electron chi connectivity index (χ3n) is 2.43. The minimum atomic E-state index is -0.176. The van der Waals surface area contributed by atoms with Gasteiger partial charge in [-0.3, -0.25) is 14.5 Å². The molecule has 0 saturated heterocycles. The number of aromatic nitrogens is 3. The van der Waals surface area contributed by atoms with E-state index in [4.69, 9.17) is 0 Å². The van der Waals surface area contributed by atoms with Crippen LogP contribution in [0.25, 0.3) is 0 Å². The van der Waals surface area contributed by atoms with E-state index in [9.17, 15) is 4.79 Å². The first kappa shape index (κ1) is 11.3. The van der Waals surface area contributed by atoms with Gasteiger partial charge < -0.3 is 5.32 Å². The van der Waals surface area contributed by atoms with Crippen molar-refractivity contribution >= 4 is 5.91 Å². The van der Waals surface area contributed by atoms with Gasteiger partial charge in [-0.25, -0.2) is 0 Å². The number of nitrogens with zero attached hydrogens (tertiary/aromatic N) is 3. The predicted molar refractivity (Wildman–Crippen MR) is 63.4 cm³/mol. The number of rotatable bonds is 3. The monoisotopic (exact) mass is 230 g/mol. The molecular formula is C12H14N4O. The fourth-order valence-corrected chi connectivity index (χ4v) is 1.59. The molecule has 0 atom stereocenters. The van der Waals surface area contributed by atoms with Crippen LogP contribution < -0.4 is 5.32 Å². The average molecular weight is 230 g/mol. The highest BCUT2D eigenvalue weighted by atomic mass is 16.1. The summed E-state index contributed by atoms with van der Waals surface area (Å²) >= 11 is 0. The van der Waals surface area contributed by atoms with E-state index < -0.39 is 0 Å². The maximum absolute atomic E-state index is 11.7. The van der Waals surface area contributed by atoms with Crippen molar-refractivity contribution in [1.29, 1.82) is 0 Å². The zero-order valence-electron chi connectivity index (χ0n) is 9.84. The largest absolute Gasteiger partial charge is 0.345 e. The van der Waals surface area contributed by atoms with E-state index in [1.54, 1.807) is 29.1 Å². The molecule has 1 amide bonds. The van der Waals surface area contributed by atoms with Gasteiger partial charge in [0.05, 0.1) is 17.9 Å². The van der Waals surface area contributed by atoms with Crippen molar-refractivity contribution < 1.29 is 4.79 Å². The zero-order valence-corrected chi connectivity index (χ0v) is 9.84.